The van der Waals surface area contributed by atoms with Crippen molar-refractivity contribution < 1.29 is 4.92 Å². The molecule has 1 rings (SSSR count). The molecule has 0 aliphatic rings. The predicted octanol–water partition coefficient (Wildman–Crippen LogP) is 2.79. The van der Waals surface area contributed by atoms with E-state index in [9.17, 15) is 10.1 Å². The molecule has 16 heavy (non-hydrogen) atoms. The summed E-state index contributed by atoms with van der Waals surface area (Å²) in [6, 6.07) is 5.17. The van der Waals surface area contributed by atoms with Crippen LogP contribution in [0.5, 0.6) is 0 Å². The van der Waals surface area contributed by atoms with Crippen LogP contribution in [0.4, 0.5) is 5.69 Å². The Labute approximate surface area is 99.8 Å². The zero-order chi connectivity index (χ0) is 12.1. The van der Waals surface area contributed by atoms with Gasteiger partial charge in [-0.3, -0.25) is 10.1 Å². The average molecular weight is 243 g/mol. The van der Waals surface area contributed by atoms with Gasteiger partial charge in [0, 0.05) is 22.7 Å². The summed E-state index contributed by atoms with van der Waals surface area (Å²) in [6.07, 6.45) is 0.631. The fraction of sp³-hybridized carbons (Fsp3) is 0.455. The van der Waals surface area contributed by atoms with Crippen molar-refractivity contribution in [2.45, 2.75) is 26.3 Å². The third kappa shape index (κ3) is 3.79. The van der Waals surface area contributed by atoms with Crippen LogP contribution in [0.25, 0.3) is 0 Å². The van der Waals surface area contributed by atoms with Crippen LogP contribution in [0.15, 0.2) is 18.2 Å². The number of nitrogens with one attached hydrogen (secondary N) is 1. The van der Waals surface area contributed by atoms with Gasteiger partial charge < -0.3 is 5.32 Å². The Balaban J connectivity index is 2.75. The molecule has 0 radical (unpaired) electrons. The van der Waals surface area contributed by atoms with E-state index >= 15 is 0 Å². The summed E-state index contributed by atoms with van der Waals surface area (Å²) in [5.74, 6) is 0. The van der Waals surface area contributed by atoms with Gasteiger partial charge in [0.1, 0.15) is 0 Å². The lowest BCUT2D eigenvalue weighted by atomic mass is 10.1. The highest BCUT2D eigenvalue weighted by Crippen LogP contribution is 2.23. The second-order valence-corrected chi connectivity index (χ2v) is 4.33. The molecule has 0 aliphatic heterocycles. The number of hydrogen-bond donors (Lipinski definition) is 1. The van der Waals surface area contributed by atoms with E-state index in [-0.39, 0.29) is 5.69 Å². The Kier molecular flexibility index (Phi) is 4.71. The molecule has 0 saturated carbocycles. The fourth-order valence-electron chi connectivity index (χ4n) is 1.41. The first-order valence-corrected chi connectivity index (χ1v) is 5.54. The van der Waals surface area contributed by atoms with Gasteiger partial charge in [0.2, 0.25) is 0 Å². The van der Waals surface area contributed by atoms with Gasteiger partial charge in [-0.05, 0) is 19.0 Å². The van der Waals surface area contributed by atoms with Crippen LogP contribution in [-0.4, -0.2) is 17.5 Å². The van der Waals surface area contributed by atoms with E-state index in [4.69, 9.17) is 11.6 Å². The van der Waals surface area contributed by atoms with Gasteiger partial charge >= 0.3 is 0 Å². The van der Waals surface area contributed by atoms with Gasteiger partial charge in [-0.1, -0.05) is 31.5 Å². The molecule has 0 bridgehead atoms. The number of rotatable bonds is 5. The lowest BCUT2D eigenvalue weighted by molar-refractivity contribution is -0.385. The number of nitro benzene ring substituents is 1. The SMILES string of the molecule is CC(C)NCCc1ccc(Cl)cc1[N+](=O)[O-]. The molecule has 0 saturated heterocycles. The molecule has 0 atom stereocenters. The number of nitro groups is 1. The molecule has 88 valence electrons. The average Bonchev–Trinajstić information content (AvgIpc) is 2.19. The fourth-order valence-corrected chi connectivity index (χ4v) is 1.58. The number of halogens is 1. The maximum atomic E-state index is 10.8. The Bertz CT molecular complexity index is 380. The van der Waals surface area contributed by atoms with Gasteiger partial charge in [0.15, 0.2) is 0 Å². The highest BCUT2D eigenvalue weighted by Gasteiger charge is 2.13. The molecule has 0 unspecified atom stereocenters. The van der Waals surface area contributed by atoms with Crippen LogP contribution in [0.1, 0.15) is 19.4 Å². The van der Waals surface area contributed by atoms with E-state index in [2.05, 4.69) is 5.32 Å². The highest BCUT2D eigenvalue weighted by atomic mass is 35.5. The molecule has 0 amide bonds. The summed E-state index contributed by atoms with van der Waals surface area (Å²) in [5.41, 5.74) is 0.806. The first-order chi connectivity index (χ1) is 7.50. The normalized spacial score (nSPS) is 10.8. The topological polar surface area (TPSA) is 55.2 Å². The van der Waals surface area contributed by atoms with Crippen molar-refractivity contribution in [2.75, 3.05) is 6.54 Å². The molecule has 5 heteroatoms. The van der Waals surface area contributed by atoms with E-state index < -0.39 is 4.92 Å². The molecule has 0 aliphatic carbocycles. The van der Waals surface area contributed by atoms with E-state index in [1.165, 1.54) is 6.07 Å². The van der Waals surface area contributed by atoms with E-state index in [1.54, 1.807) is 12.1 Å². The molecular weight excluding hydrogens is 228 g/mol. The van der Waals surface area contributed by atoms with Crippen LogP contribution < -0.4 is 5.32 Å². The Hall–Kier alpha value is -1.13. The smallest absolute Gasteiger partial charge is 0.274 e. The molecule has 1 N–H and O–H groups in total. The van der Waals surface area contributed by atoms with E-state index in [0.717, 1.165) is 6.54 Å². The number of nitrogens with zero attached hydrogens (tertiary/aromatic N) is 1. The summed E-state index contributed by atoms with van der Waals surface area (Å²) >= 11 is 5.73. The summed E-state index contributed by atoms with van der Waals surface area (Å²) in [4.78, 5) is 10.4. The minimum Gasteiger partial charge on any atom is -0.314 e. The lowest BCUT2D eigenvalue weighted by Crippen LogP contribution is -2.25. The standard InChI is InChI=1S/C11H15ClN2O2/c1-8(2)13-6-5-9-3-4-10(12)7-11(9)14(15)16/h3-4,7-8,13H,5-6H2,1-2H3. The summed E-state index contributed by atoms with van der Waals surface area (Å²) in [6.45, 7) is 4.80. The Morgan fingerprint density at radius 3 is 2.75 bits per heavy atom. The Morgan fingerprint density at radius 2 is 2.19 bits per heavy atom. The van der Waals surface area contributed by atoms with Crippen LogP contribution in [0.3, 0.4) is 0 Å². The van der Waals surface area contributed by atoms with Crippen molar-refractivity contribution in [1.29, 1.82) is 0 Å². The molecule has 0 aromatic heterocycles. The van der Waals surface area contributed by atoms with Crippen LogP contribution in [0, 0.1) is 10.1 Å². The van der Waals surface area contributed by atoms with Crippen LogP contribution in [0.2, 0.25) is 5.02 Å². The molecule has 4 nitrogen and oxygen atoms in total. The number of benzene rings is 1. The van der Waals surface area contributed by atoms with Crippen molar-refractivity contribution in [3.05, 3.63) is 38.9 Å². The maximum absolute atomic E-state index is 10.8. The number of hydrogen-bond acceptors (Lipinski definition) is 3. The van der Waals surface area contributed by atoms with E-state index in [1.807, 2.05) is 13.8 Å². The quantitative estimate of drug-likeness (QED) is 0.638. The summed E-state index contributed by atoms with van der Waals surface area (Å²) in [7, 11) is 0. The minimum absolute atomic E-state index is 0.0954. The van der Waals surface area contributed by atoms with Gasteiger partial charge in [0.05, 0.1) is 4.92 Å². The van der Waals surface area contributed by atoms with Gasteiger partial charge in [-0.25, -0.2) is 0 Å². The highest BCUT2D eigenvalue weighted by molar-refractivity contribution is 6.30. The summed E-state index contributed by atoms with van der Waals surface area (Å²) < 4.78 is 0. The monoisotopic (exact) mass is 242 g/mol. The second-order valence-electron chi connectivity index (χ2n) is 3.89. The molecule has 0 heterocycles. The van der Waals surface area contributed by atoms with Crippen LogP contribution in [-0.2, 0) is 6.42 Å². The molecular formula is C11H15ClN2O2. The van der Waals surface area contributed by atoms with Crippen molar-refractivity contribution in [2.24, 2.45) is 0 Å². The molecule has 0 fully saturated rings. The predicted molar refractivity (Wildman–Crippen MR) is 64.9 cm³/mol. The molecule has 1 aromatic carbocycles. The maximum Gasteiger partial charge on any atom is 0.274 e. The second kappa shape index (κ2) is 5.82. The van der Waals surface area contributed by atoms with Crippen LogP contribution >= 0.6 is 11.6 Å². The van der Waals surface area contributed by atoms with Crippen molar-refractivity contribution in [1.82, 2.24) is 5.32 Å². The van der Waals surface area contributed by atoms with Gasteiger partial charge in [-0.2, -0.15) is 0 Å². The third-order valence-electron chi connectivity index (χ3n) is 2.19. The van der Waals surface area contributed by atoms with E-state index in [0.29, 0.717) is 23.0 Å². The first kappa shape index (κ1) is 12.9. The zero-order valence-electron chi connectivity index (χ0n) is 9.37. The van der Waals surface area contributed by atoms with Crippen molar-refractivity contribution >= 4 is 17.3 Å². The minimum atomic E-state index is -0.392. The third-order valence-corrected chi connectivity index (χ3v) is 2.43. The molecule has 1 aromatic rings. The zero-order valence-corrected chi connectivity index (χ0v) is 10.1. The lowest BCUT2D eigenvalue weighted by Gasteiger charge is -2.08. The Morgan fingerprint density at radius 1 is 1.50 bits per heavy atom. The first-order valence-electron chi connectivity index (χ1n) is 5.17. The molecule has 0 spiro atoms. The van der Waals surface area contributed by atoms with Gasteiger partial charge in [0.25, 0.3) is 5.69 Å². The summed E-state index contributed by atoms with van der Waals surface area (Å²) in [5, 5.41) is 14.4. The van der Waals surface area contributed by atoms with Crippen molar-refractivity contribution in [3.63, 3.8) is 0 Å². The van der Waals surface area contributed by atoms with Gasteiger partial charge in [-0.15, -0.1) is 0 Å². The van der Waals surface area contributed by atoms with Crippen molar-refractivity contribution in [3.8, 4) is 0 Å². The largest absolute Gasteiger partial charge is 0.314 e.